The van der Waals surface area contributed by atoms with Gasteiger partial charge in [-0.3, -0.25) is 4.40 Å². The van der Waals surface area contributed by atoms with E-state index in [9.17, 15) is 10.1 Å². The first kappa shape index (κ1) is 26.5. The van der Waals surface area contributed by atoms with Crippen LogP contribution in [0.2, 0.25) is 0 Å². The van der Waals surface area contributed by atoms with Crippen molar-refractivity contribution in [2.75, 3.05) is 31.1 Å². The zero-order chi connectivity index (χ0) is 27.6. The topological polar surface area (TPSA) is 94.7 Å². The molecule has 4 aromatic rings. The molecule has 0 unspecified atom stereocenters. The summed E-state index contributed by atoms with van der Waals surface area (Å²) in [6, 6.07) is 21.2. The molecule has 5 rings (SSSR count). The number of amides is 1. The minimum atomic E-state index is -0.496. The molecule has 0 aliphatic carbocycles. The lowest BCUT2D eigenvalue weighted by atomic mass is 9.97. The molecular formula is C31H36N6O2. The van der Waals surface area contributed by atoms with Crippen LogP contribution in [0.4, 0.5) is 10.6 Å². The van der Waals surface area contributed by atoms with Crippen molar-refractivity contribution in [2.45, 2.75) is 52.2 Å². The lowest BCUT2D eigenvalue weighted by Gasteiger charge is -2.26. The molecule has 0 spiro atoms. The Labute approximate surface area is 229 Å². The summed E-state index contributed by atoms with van der Waals surface area (Å²) in [7, 11) is 0. The molecular weight excluding hydrogens is 488 g/mol. The number of fused-ring (bicyclic) bond motifs is 3. The molecule has 0 bridgehead atoms. The molecule has 2 N–H and O–H groups in total. The summed E-state index contributed by atoms with van der Waals surface area (Å²) in [5.41, 5.74) is 5.81. The Morgan fingerprint density at radius 2 is 1.87 bits per heavy atom. The number of pyridine rings is 1. The first-order valence-electron chi connectivity index (χ1n) is 13.6. The van der Waals surface area contributed by atoms with Crippen LogP contribution in [-0.2, 0) is 4.74 Å². The van der Waals surface area contributed by atoms with Crippen LogP contribution in [0.3, 0.4) is 0 Å². The van der Waals surface area contributed by atoms with E-state index in [4.69, 9.17) is 9.72 Å². The third-order valence-corrected chi connectivity index (χ3v) is 7.09. The van der Waals surface area contributed by atoms with Crippen LogP contribution in [0.5, 0.6) is 0 Å². The van der Waals surface area contributed by atoms with E-state index < -0.39 is 5.60 Å². The van der Waals surface area contributed by atoms with Gasteiger partial charge in [0.1, 0.15) is 17.5 Å². The van der Waals surface area contributed by atoms with E-state index in [1.807, 2.05) is 64.1 Å². The molecule has 1 saturated heterocycles. The fourth-order valence-corrected chi connectivity index (χ4v) is 5.38. The molecule has 0 saturated carbocycles. The number of rotatable bonds is 7. The molecule has 202 valence electrons. The van der Waals surface area contributed by atoms with E-state index >= 15 is 0 Å². The average Bonchev–Trinajstić information content (AvgIpc) is 3.52. The number of imidazole rings is 1. The zero-order valence-electron chi connectivity index (χ0n) is 23.1. The monoisotopic (exact) mass is 524 g/mol. The van der Waals surface area contributed by atoms with Gasteiger partial charge in [-0.2, -0.15) is 5.26 Å². The van der Waals surface area contributed by atoms with Crippen molar-refractivity contribution in [3.05, 3.63) is 65.7 Å². The Balaban J connectivity index is 1.41. The summed E-state index contributed by atoms with van der Waals surface area (Å²) >= 11 is 0. The number of carbonyl (C=O) groups is 1. The highest BCUT2D eigenvalue weighted by molar-refractivity contribution is 5.92. The van der Waals surface area contributed by atoms with Crippen LogP contribution in [0.25, 0.3) is 27.8 Å². The predicted octanol–water partition coefficient (Wildman–Crippen LogP) is 5.42. The van der Waals surface area contributed by atoms with Crippen LogP contribution in [-0.4, -0.2) is 53.3 Å². The van der Waals surface area contributed by atoms with Crippen molar-refractivity contribution in [3.63, 3.8) is 0 Å². The number of anilines is 1. The van der Waals surface area contributed by atoms with E-state index in [-0.39, 0.29) is 6.09 Å². The minimum absolute atomic E-state index is 0.316. The maximum absolute atomic E-state index is 11.9. The number of nitrogens with zero attached hydrogens (tertiary/aromatic N) is 4. The predicted molar refractivity (Wildman–Crippen MR) is 155 cm³/mol. The van der Waals surface area contributed by atoms with E-state index in [0.717, 1.165) is 66.0 Å². The Hall–Kier alpha value is -4.09. The van der Waals surface area contributed by atoms with Gasteiger partial charge in [0.05, 0.1) is 16.6 Å². The second-order valence-electron chi connectivity index (χ2n) is 11.1. The van der Waals surface area contributed by atoms with Crippen molar-refractivity contribution in [1.82, 2.24) is 20.0 Å². The van der Waals surface area contributed by atoms with E-state index in [1.165, 1.54) is 0 Å². The summed E-state index contributed by atoms with van der Waals surface area (Å²) in [6.07, 6.45) is 1.44. The van der Waals surface area contributed by atoms with Gasteiger partial charge in [-0.05, 0) is 70.3 Å². The number of alkyl carbamates (subject to hydrolysis) is 1. The number of hydrogen-bond acceptors (Lipinski definition) is 6. The summed E-state index contributed by atoms with van der Waals surface area (Å²) < 4.78 is 7.49. The number of hydrogen-bond donors (Lipinski definition) is 2. The van der Waals surface area contributed by atoms with Crippen LogP contribution < -0.4 is 15.5 Å². The minimum Gasteiger partial charge on any atom is -0.444 e. The van der Waals surface area contributed by atoms with Crippen LogP contribution in [0, 0.1) is 18.3 Å². The van der Waals surface area contributed by atoms with Crippen LogP contribution in [0.1, 0.15) is 44.7 Å². The molecule has 1 aliphatic heterocycles. The zero-order valence-corrected chi connectivity index (χ0v) is 23.1. The number of para-hydroxylation sites is 2. The average molecular weight is 525 g/mol. The Morgan fingerprint density at radius 1 is 1.13 bits per heavy atom. The van der Waals surface area contributed by atoms with Crippen molar-refractivity contribution in [2.24, 2.45) is 0 Å². The number of benzene rings is 2. The highest BCUT2D eigenvalue weighted by Gasteiger charge is 2.30. The van der Waals surface area contributed by atoms with Gasteiger partial charge < -0.3 is 20.3 Å². The highest BCUT2D eigenvalue weighted by atomic mass is 16.6. The third kappa shape index (κ3) is 5.55. The summed E-state index contributed by atoms with van der Waals surface area (Å²) in [4.78, 5) is 19.2. The second kappa shape index (κ2) is 11.0. The van der Waals surface area contributed by atoms with Crippen molar-refractivity contribution < 1.29 is 9.53 Å². The van der Waals surface area contributed by atoms with E-state index in [0.29, 0.717) is 23.8 Å². The number of ether oxygens (including phenoxy) is 1. The highest BCUT2D eigenvalue weighted by Crippen LogP contribution is 2.40. The van der Waals surface area contributed by atoms with E-state index in [1.54, 1.807) is 0 Å². The van der Waals surface area contributed by atoms with Gasteiger partial charge in [0.25, 0.3) is 0 Å². The largest absolute Gasteiger partial charge is 0.444 e. The summed E-state index contributed by atoms with van der Waals surface area (Å²) in [6.45, 7) is 10.7. The molecule has 8 heteroatoms. The molecule has 2 aromatic heterocycles. The standard InChI is InChI=1S/C31H36N6O2/c1-21-24(19-32)28-35-25-13-8-9-14-26(25)37(28)29(27(21)22-11-6-5-7-12-22)36-18-15-23(20-36)33-16-10-17-34-30(38)39-31(2,3)4/h5-9,11-14,23,33H,10,15-18,20H2,1-4H3,(H,34,38)/t23-/m0/s1. The normalized spacial score (nSPS) is 15.6. The number of nitrogens with one attached hydrogen (secondary N) is 2. The SMILES string of the molecule is Cc1c(-c2ccccc2)c(N2CC[C@H](NCCCNC(=O)OC(C)(C)C)C2)n2c(nc3ccccc32)c1C#N. The fraction of sp³-hybridized carbons (Fsp3) is 0.387. The van der Waals surface area contributed by atoms with Gasteiger partial charge in [-0.1, -0.05) is 42.5 Å². The van der Waals surface area contributed by atoms with E-state index in [2.05, 4.69) is 44.2 Å². The molecule has 2 aromatic carbocycles. The number of carbonyl (C=O) groups excluding carboxylic acids is 1. The van der Waals surface area contributed by atoms with Crippen LogP contribution >= 0.6 is 0 Å². The first-order chi connectivity index (χ1) is 18.8. The molecule has 1 amide bonds. The maximum Gasteiger partial charge on any atom is 0.407 e. The van der Waals surface area contributed by atoms with Crippen molar-refractivity contribution in [3.8, 4) is 17.2 Å². The van der Waals surface area contributed by atoms with Gasteiger partial charge >= 0.3 is 6.09 Å². The lowest BCUT2D eigenvalue weighted by Crippen LogP contribution is -2.36. The Kier molecular flexibility index (Phi) is 7.45. The van der Waals surface area contributed by atoms with Gasteiger partial charge in [-0.25, -0.2) is 9.78 Å². The van der Waals surface area contributed by atoms with Gasteiger partial charge in [0.15, 0.2) is 5.65 Å². The van der Waals surface area contributed by atoms with Crippen molar-refractivity contribution in [1.29, 1.82) is 5.26 Å². The van der Waals surface area contributed by atoms with Gasteiger partial charge in [-0.15, -0.1) is 0 Å². The molecule has 1 atom stereocenters. The third-order valence-electron chi connectivity index (χ3n) is 7.09. The lowest BCUT2D eigenvalue weighted by molar-refractivity contribution is 0.0527. The van der Waals surface area contributed by atoms with Gasteiger partial charge in [0.2, 0.25) is 0 Å². The Morgan fingerprint density at radius 3 is 2.62 bits per heavy atom. The first-order valence-corrected chi connectivity index (χ1v) is 13.6. The fourth-order valence-electron chi connectivity index (χ4n) is 5.38. The molecule has 1 aliphatic rings. The van der Waals surface area contributed by atoms with Gasteiger partial charge in [0, 0.05) is 31.2 Å². The summed E-state index contributed by atoms with van der Waals surface area (Å²) in [5.74, 6) is 1.08. The second-order valence-corrected chi connectivity index (χ2v) is 11.1. The molecule has 39 heavy (non-hydrogen) atoms. The molecule has 1 fully saturated rings. The summed E-state index contributed by atoms with van der Waals surface area (Å²) in [5, 5.41) is 16.7. The van der Waals surface area contributed by atoms with Crippen molar-refractivity contribution >= 4 is 28.6 Å². The molecule has 0 radical (unpaired) electrons. The number of nitriles is 1. The van der Waals surface area contributed by atoms with Crippen LogP contribution in [0.15, 0.2) is 54.6 Å². The Bertz CT molecular complexity index is 1530. The molecule has 3 heterocycles. The quantitative estimate of drug-likeness (QED) is 0.314. The number of aromatic nitrogens is 2. The smallest absolute Gasteiger partial charge is 0.407 e. The maximum atomic E-state index is 11.9. The molecule has 8 nitrogen and oxygen atoms in total.